The molecule has 1 aromatic rings. The first-order chi connectivity index (χ1) is 9.11. The van der Waals surface area contributed by atoms with Crippen molar-refractivity contribution >= 4 is 46.4 Å². The maximum absolute atomic E-state index is 11.8. The Kier molecular flexibility index (Phi) is 5.99. The van der Waals surface area contributed by atoms with E-state index in [1.165, 1.54) is 0 Å². The summed E-state index contributed by atoms with van der Waals surface area (Å²) in [6.07, 6.45) is -0.803. The highest BCUT2D eigenvalue weighted by molar-refractivity contribution is 6.68. The molecule has 1 unspecified atom stereocenters. The Bertz CT molecular complexity index is 484. The largest absolute Gasteiger partial charge is 0.362 e. The van der Waals surface area contributed by atoms with Crippen molar-refractivity contribution < 1.29 is 4.79 Å². The minimum Gasteiger partial charge on any atom is -0.362 e. The third-order valence-electron chi connectivity index (χ3n) is 2.83. The summed E-state index contributed by atoms with van der Waals surface area (Å²) in [5.74, 6) is -0.371. The van der Waals surface area contributed by atoms with Crippen LogP contribution >= 0.6 is 34.8 Å². The molecule has 0 bridgehead atoms. The number of amides is 1. The average Bonchev–Trinajstić information content (AvgIpc) is 2.31. The molecule has 1 amide bonds. The normalized spacial score (nSPS) is 13.2. The molecule has 0 aliphatic rings. The average molecular weight is 338 g/mol. The predicted octanol–water partition coefficient (Wildman–Crippen LogP) is 4.18. The molecule has 1 rings (SSSR count). The van der Waals surface area contributed by atoms with Crippen LogP contribution in [0, 0.1) is 19.8 Å². The van der Waals surface area contributed by atoms with Gasteiger partial charge in [0.1, 0.15) is 6.17 Å². The van der Waals surface area contributed by atoms with Crippen LogP contribution in [-0.2, 0) is 4.79 Å². The van der Waals surface area contributed by atoms with Gasteiger partial charge in [0.05, 0.1) is 0 Å². The van der Waals surface area contributed by atoms with Crippen LogP contribution in [0.1, 0.15) is 25.0 Å². The highest BCUT2D eigenvalue weighted by atomic mass is 35.6. The van der Waals surface area contributed by atoms with E-state index in [9.17, 15) is 4.79 Å². The maximum Gasteiger partial charge on any atom is 0.228 e. The monoisotopic (exact) mass is 336 g/mol. The van der Waals surface area contributed by atoms with Crippen LogP contribution in [0.3, 0.4) is 0 Å². The van der Waals surface area contributed by atoms with Crippen LogP contribution in [0.15, 0.2) is 18.2 Å². The minimum absolute atomic E-state index is 0.181. The molecule has 0 aromatic heterocycles. The lowest BCUT2D eigenvalue weighted by Crippen LogP contribution is -2.50. The van der Waals surface area contributed by atoms with Gasteiger partial charge in [-0.15, -0.1) is 0 Å². The van der Waals surface area contributed by atoms with Gasteiger partial charge in [-0.05, 0) is 31.0 Å². The summed E-state index contributed by atoms with van der Waals surface area (Å²) < 4.78 is -1.65. The van der Waals surface area contributed by atoms with E-state index in [0.29, 0.717) is 0 Å². The molecule has 1 aromatic carbocycles. The molecule has 1 atom stereocenters. The van der Waals surface area contributed by atoms with Gasteiger partial charge >= 0.3 is 0 Å². The van der Waals surface area contributed by atoms with Crippen molar-refractivity contribution in [3.8, 4) is 0 Å². The van der Waals surface area contributed by atoms with Crippen LogP contribution in [-0.4, -0.2) is 15.9 Å². The molecule has 20 heavy (non-hydrogen) atoms. The van der Waals surface area contributed by atoms with Crippen LogP contribution < -0.4 is 10.6 Å². The summed E-state index contributed by atoms with van der Waals surface area (Å²) in [4.78, 5) is 11.8. The standard InChI is InChI=1S/C14H19Cl3N2O/c1-8(2)12(20)19-13(14(15,16)17)18-11-7-9(3)5-6-10(11)4/h5-8,13,18H,1-4H3,(H,19,20). The molecule has 0 spiro atoms. The molecule has 0 radical (unpaired) electrons. The SMILES string of the molecule is Cc1ccc(C)c(NC(NC(=O)C(C)C)C(Cl)(Cl)Cl)c1. The van der Waals surface area contributed by atoms with Gasteiger partial charge in [-0.2, -0.15) is 0 Å². The summed E-state index contributed by atoms with van der Waals surface area (Å²) in [7, 11) is 0. The lowest BCUT2D eigenvalue weighted by molar-refractivity contribution is -0.124. The summed E-state index contributed by atoms with van der Waals surface area (Å²) in [6.45, 7) is 7.48. The molecule has 0 saturated heterocycles. The number of aryl methyl sites for hydroxylation is 2. The molecular formula is C14H19Cl3N2O. The van der Waals surface area contributed by atoms with Crippen LogP contribution in [0.2, 0.25) is 0 Å². The second-order valence-electron chi connectivity index (χ2n) is 5.10. The lowest BCUT2D eigenvalue weighted by atomic mass is 10.1. The number of hydrogen-bond acceptors (Lipinski definition) is 2. The Morgan fingerprint density at radius 2 is 1.80 bits per heavy atom. The molecule has 6 heteroatoms. The second-order valence-corrected chi connectivity index (χ2v) is 7.47. The fraction of sp³-hybridized carbons (Fsp3) is 0.500. The summed E-state index contributed by atoms with van der Waals surface area (Å²) in [5, 5.41) is 5.79. The number of hydrogen-bond donors (Lipinski definition) is 2. The van der Waals surface area contributed by atoms with Crippen molar-refractivity contribution in [2.45, 2.75) is 37.7 Å². The molecule has 0 aliphatic carbocycles. The highest BCUT2D eigenvalue weighted by Crippen LogP contribution is 2.32. The van der Waals surface area contributed by atoms with E-state index in [1.807, 2.05) is 32.0 Å². The Morgan fingerprint density at radius 1 is 1.20 bits per heavy atom. The Morgan fingerprint density at radius 3 is 2.30 bits per heavy atom. The van der Waals surface area contributed by atoms with Crippen molar-refractivity contribution in [2.75, 3.05) is 5.32 Å². The quantitative estimate of drug-likeness (QED) is 0.639. The van der Waals surface area contributed by atoms with Gasteiger partial charge in [-0.25, -0.2) is 0 Å². The topological polar surface area (TPSA) is 41.1 Å². The first kappa shape index (κ1) is 17.4. The smallest absolute Gasteiger partial charge is 0.228 e. The van der Waals surface area contributed by atoms with Crippen molar-refractivity contribution in [1.82, 2.24) is 5.32 Å². The van der Waals surface area contributed by atoms with Gasteiger partial charge < -0.3 is 10.6 Å². The third-order valence-corrected chi connectivity index (χ3v) is 3.49. The number of halogens is 3. The second kappa shape index (κ2) is 6.88. The maximum atomic E-state index is 11.8. The van der Waals surface area contributed by atoms with Gasteiger partial charge in [-0.3, -0.25) is 4.79 Å². The van der Waals surface area contributed by atoms with E-state index in [2.05, 4.69) is 10.6 Å². The van der Waals surface area contributed by atoms with Gasteiger partial charge in [0.2, 0.25) is 9.70 Å². The van der Waals surface area contributed by atoms with E-state index in [0.717, 1.165) is 16.8 Å². The van der Waals surface area contributed by atoms with E-state index in [-0.39, 0.29) is 11.8 Å². The van der Waals surface area contributed by atoms with E-state index >= 15 is 0 Å². The zero-order valence-electron chi connectivity index (χ0n) is 11.9. The van der Waals surface area contributed by atoms with Crippen molar-refractivity contribution in [1.29, 1.82) is 0 Å². The Hall–Kier alpha value is -0.640. The summed E-state index contributed by atoms with van der Waals surface area (Å²) >= 11 is 17.8. The minimum atomic E-state index is -1.65. The van der Waals surface area contributed by atoms with Crippen molar-refractivity contribution in [3.05, 3.63) is 29.3 Å². The molecule has 3 nitrogen and oxygen atoms in total. The predicted molar refractivity (Wildman–Crippen MR) is 86.6 cm³/mol. The number of anilines is 1. The molecule has 0 heterocycles. The summed E-state index contributed by atoms with van der Waals surface area (Å²) in [6, 6.07) is 5.91. The van der Waals surface area contributed by atoms with Gasteiger partial charge in [0, 0.05) is 11.6 Å². The van der Waals surface area contributed by atoms with Crippen molar-refractivity contribution in [2.24, 2.45) is 5.92 Å². The van der Waals surface area contributed by atoms with Gasteiger partial charge in [-0.1, -0.05) is 60.8 Å². The zero-order valence-corrected chi connectivity index (χ0v) is 14.2. The van der Waals surface area contributed by atoms with E-state index in [4.69, 9.17) is 34.8 Å². The van der Waals surface area contributed by atoms with Crippen molar-refractivity contribution in [3.63, 3.8) is 0 Å². The molecule has 0 saturated carbocycles. The number of nitrogens with one attached hydrogen (secondary N) is 2. The molecular weight excluding hydrogens is 319 g/mol. The Balaban J connectivity index is 2.96. The molecule has 2 N–H and O–H groups in total. The van der Waals surface area contributed by atoms with E-state index < -0.39 is 9.96 Å². The fourth-order valence-corrected chi connectivity index (χ4v) is 1.88. The number of carbonyl (C=O) groups is 1. The molecule has 0 fully saturated rings. The van der Waals surface area contributed by atoms with E-state index in [1.54, 1.807) is 13.8 Å². The number of benzene rings is 1. The highest BCUT2D eigenvalue weighted by Gasteiger charge is 2.34. The Labute approximate surface area is 135 Å². The number of rotatable bonds is 4. The number of carbonyl (C=O) groups excluding carboxylic acids is 1. The van der Waals surface area contributed by atoms with Crippen LogP contribution in [0.25, 0.3) is 0 Å². The van der Waals surface area contributed by atoms with Gasteiger partial charge in [0.25, 0.3) is 0 Å². The third kappa shape index (κ3) is 5.04. The van der Waals surface area contributed by atoms with Crippen LogP contribution in [0.4, 0.5) is 5.69 Å². The molecule has 0 aliphatic heterocycles. The van der Waals surface area contributed by atoms with Gasteiger partial charge in [0.15, 0.2) is 0 Å². The summed E-state index contributed by atoms with van der Waals surface area (Å²) in [5.41, 5.74) is 2.91. The lowest BCUT2D eigenvalue weighted by Gasteiger charge is -2.29. The first-order valence-electron chi connectivity index (χ1n) is 6.32. The number of alkyl halides is 3. The first-order valence-corrected chi connectivity index (χ1v) is 7.45. The zero-order chi connectivity index (χ0) is 15.5. The van der Waals surface area contributed by atoms with Crippen LogP contribution in [0.5, 0.6) is 0 Å². The molecule has 112 valence electrons. The fourth-order valence-electron chi connectivity index (χ4n) is 1.56.